The Kier molecular flexibility index (Phi) is 5.45. The maximum Gasteiger partial charge on any atom is 0.304 e. The van der Waals surface area contributed by atoms with Gasteiger partial charge in [0.2, 0.25) is 0 Å². The first-order chi connectivity index (χ1) is 14.0. The van der Waals surface area contributed by atoms with E-state index in [0.717, 1.165) is 19.1 Å². The molecule has 7 nitrogen and oxygen atoms in total. The van der Waals surface area contributed by atoms with Crippen molar-refractivity contribution >= 4 is 28.3 Å². The zero-order valence-corrected chi connectivity index (χ0v) is 16.3. The van der Waals surface area contributed by atoms with Gasteiger partial charge in [0.1, 0.15) is 11.6 Å². The summed E-state index contributed by atoms with van der Waals surface area (Å²) in [5, 5.41) is -0.520. The fraction of sp³-hybridized carbons (Fsp3) is 0.200. The van der Waals surface area contributed by atoms with E-state index >= 15 is 4.39 Å². The van der Waals surface area contributed by atoms with Crippen LogP contribution in [0.5, 0.6) is 0 Å². The number of nitrogens with two attached hydrogens (primary N) is 2. The molecule has 0 fully saturated rings. The van der Waals surface area contributed by atoms with Crippen LogP contribution in [0.4, 0.5) is 24.5 Å². The number of hydrogen-bond donors (Lipinski definition) is 2. The van der Waals surface area contributed by atoms with Gasteiger partial charge in [-0.1, -0.05) is 0 Å². The third-order valence-corrected chi connectivity index (χ3v) is 4.40. The molecule has 1 unspecified atom stereocenters. The van der Waals surface area contributed by atoms with Crippen LogP contribution in [0.1, 0.15) is 18.7 Å². The Morgan fingerprint density at radius 1 is 1.13 bits per heavy atom. The van der Waals surface area contributed by atoms with Gasteiger partial charge < -0.3 is 20.6 Å². The number of anilines is 2. The molecule has 0 aliphatic carbocycles. The normalized spacial score (nSPS) is 12.4. The van der Waals surface area contributed by atoms with E-state index in [0.29, 0.717) is 0 Å². The van der Waals surface area contributed by atoms with Gasteiger partial charge in [0.25, 0.3) is 0 Å². The summed E-state index contributed by atoms with van der Waals surface area (Å²) < 4.78 is 54.6. The molecule has 0 saturated heterocycles. The standard InChI is InChI=1S/C20H18F3N3O4/c1-8(27)29-20(26(2)3)15-16(22)18(25)14-12(28)7-13(30-19(14)17(15)23)9-4-5-11(24)10(21)6-9/h4-7,20H,24-25H2,1-3H3. The summed E-state index contributed by atoms with van der Waals surface area (Å²) >= 11 is 0. The van der Waals surface area contributed by atoms with E-state index in [4.69, 9.17) is 20.6 Å². The highest BCUT2D eigenvalue weighted by molar-refractivity contribution is 5.91. The fourth-order valence-electron chi connectivity index (χ4n) is 3.00. The SMILES string of the molecule is CC(=O)OC(c1c(F)c(N)c2c(=O)cc(-c3ccc(N)c(F)c3)oc2c1F)N(C)C. The average molecular weight is 421 g/mol. The van der Waals surface area contributed by atoms with Gasteiger partial charge >= 0.3 is 5.97 Å². The first-order valence-corrected chi connectivity index (χ1v) is 8.66. The van der Waals surface area contributed by atoms with E-state index < -0.39 is 57.3 Å². The minimum Gasteiger partial charge on any atom is -0.453 e. The molecule has 0 amide bonds. The number of esters is 1. The van der Waals surface area contributed by atoms with E-state index in [1.807, 2.05) is 0 Å². The number of nitrogen functional groups attached to an aromatic ring is 2. The van der Waals surface area contributed by atoms with Gasteiger partial charge in [0.15, 0.2) is 28.9 Å². The Bertz CT molecular complexity index is 1220. The van der Waals surface area contributed by atoms with E-state index in [1.165, 1.54) is 31.1 Å². The first kappa shape index (κ1) is 21.2. The fourth-order valence-corrected chi connectivity index (χ4v) is 3.00. The van der Waals surface area contributed by atoms with E-state index in [1.54, 1.807) is 0 Å². The van der Waals surface area contributed by atoms with Crippen LogP contribution in [0.25, 0.3) is 22.3 Å². The van der Waals surface area contributed by atoms with Crippen LogP contribution in [-0.2, 0) is 9.53 Å². The lowest BCUT2D eigenvalue weighted by Gasteiger charge is -2.25. The maximum absolute atomic E-state index is 15.3. The van der Waals surface area contributed by atoms with Crippen molar-refractivity contribution in [3.8, 4) is 11.3 Å². The molecule has 3 aromatic rings. The number of benzene rings is 2. The minimum atomic E-state index is -1.47. The summed E-state index contributed by atoms with van der Waals surface area (Å²) in [6.07, 6.45) is -1.47. The van der Waals surface area contributed by atoms with Crippen molar-refractivity contribution in [3.63, 3.8) is 0 Å². The quantitative estimate of drug-likeness (QED) is 0.378. The summed E-state index contributed by atoms with van der Waals surface area (Å²) in [5.41, 5.74) is 8.32. The molecule has 1 heterocycles. The lowest BCUT2D eigenvalue weighted by atomic mass is 10.0. The maximum atomic E-state index is 15.3. The summed E-state index contributed by atoms with van der Waals surface area (Å²) in [6.45, 7) is 1.07. The number of carbonyl (C=O) groups excluding carboxylic acids is 1. The third kappa shape index (κ3) is 3.57. The average Bonchev–Trinajstić information content (AvgIpc) is 2.66. The van der Waals surface area contributed by atoms with Crippen LogP contribution < -0.4 is 16.9 Å². The molecule has 1 atom stereocenters. The number of ether oxygens (including phenoxy) is 1. The van der Waals surface area contributed by atoms with Crippen LogP contribution in [0.2, 0.25) is 0 Å². The zero-order valence-electron chi connectivity index (χ0n) is 16.3. The van der Waals surface area contributed by atoms with Crippen molar-refractivity contribution in [2.24, 2.45) is 0 Å². The monoisotopic (exact) mass is 421 g/mol. The summed E-state index contributed by atoms with van der Waals surface area (Å²) in [7, 11) is 2.85. The van der Waals surface area contributed by atoms with Crippen LogP contribution in [0.3, 0.4) is 0 Å². The molecule has 30 heavy (non-hydrogen) atoms. The molecule has 10 heteroatoms. The van der Waals surface area contributed by atoms with Crippen molar-refractivity contribution in [2.75, 3.05) is 25.6 Å². The first-order valence-electron chi connectivity index (χ1n) is 8.66. The number of rotatable bonds is 4. The van der Waals surface area contributed by atoms with Crippen LogP contribution in [0.15, 0.2) is 33.5 Å². The molecule has 0 aliphatic rings. The number of nitrogens with zero attached hydrogens (tertiary/aromatic N) is 1. The predicted octanol–water partition coefficient (Wildman–Crippen LogP) is 3.17. The zero-order chi connectivity index (χ0) is 22.3. The van der Waals surface area contributed by atoms with Crippen molar-refractivity contribution < 1.29 is 27.1 Å². The highest BCUT2D eigenvalue weighted by Crippen LogP contribution is 2.36. The van der Waals surface area contributed by atoms with Gasteiger partial charge in [0.05, 0.1) is 22.3 Å². The number of carbonyl (C=O) groups is 1. The van der Waals surface area contributed by atoms with Gasteiger partial charge in [-0.15, -0.1) is 0 Å². The van der Waals surface area contributed by atoms with Crippen molar-refractivity contribution in [1.29, 1.82) is 0 Å². The number of hydrogen-bond acceptors (Lipinski definition) is 7. The molecule has 0 radical (unpaired) electrons. The molecule has 3 rings (SSSR count). The van der Waals surface area contributed by atoms with Crippen molar-refractivity contribution in [1.82, 2.24) is 4.90 Å². The molecule has 158 valence electrons. The Labute approximate surface area is 168 Å². The second kappa shape index (κ2) is 7.71. The molecule has 0 aliphatic heterocycles. The van der Waals surface area contributed by atoms with Crippen LogP contribution in [-0.4, -0.2) is 25.0 Å². The van der Waals surface area contributed by atoms with Crippen molar-refractivity contribution in [3.05, 3.63) is 57.5 Å². The van der Waals surface area contributed by atoms with E-state index in [2.05, 4.69) is 0 Å². The van der Waals surface area contributed by atoms with E-state index in [-0.39, 0.29) is 17.0 Å². The molecular weight excluding hydrogens is 403 g/mol. The van der Waals surface area contributed by atoms with Crippen molar-refractivity contribution in [2.45, 2.75) is 13.2 Å². The third-order valence-electron chi connectivity index (χ3n) is 4.40. The van der Waals surface area contributed by atoms with Gasteiger partial charge in [0, 0.05) is 18.6 Å². The Balaban J connectivity index is 2.35. The van der Waals surface area contributed by atoms with Gasteiger partial charge in [-0.05, 0) is 32.3 Å². The van der Waals surface area contributed by atoms with Gasteiger partial charge in [-0.25, -0.2) is 13.2 Å². The second-order valence-electron chi connectivity index (χ2n) is 6.80. The van der Waals surface area contributed by atoms with Gasteiger partial charge in [-0.2, -0.15) is 0 Å². The summed E-state index contributed by atoms with van der Waals surface area (Å²) in [4.78, 5) is 25.2. The molecule has 0 saturated carbocycles. The van der Waals surface area contributed by atoms with E-state index in [9.17, 15) is 18.4 Å². The highest BCUT2D eigenvalue weighted by atomic mass is 19.1. The molecular formula is C20H18F3N3O4. The Morgan fingerprint density at radius 2 is 1.80 bits per heavy atom. The molecule has 0 bridgehead atoms. The molecule has 4 N–H and O–H groups in total. The smallest absolute Gasteiger partial charge is 0.304 e. The number of halogens is 3. The Morgan fingerprint density at radius 3 is 2.37 bits per heavy atom. The molecule has 0 spiro atoms. The molecule has 1 aromatic heterocycles. The largest absolute Gasteiger partial charge is 0.453 e. The summed E-state index contributed by atoms with van der Waals surface area (Å²) in [6, 6.07) is 4.57. The lowest BCUT2D eigenvalue weighted by molar-refractivity contribution is -0.155. The topological polar surface area (TPSA) is 112 Å². The summed E-state index contributed by atoms with van der Waals surface area (Å²) in [5.74, 6) is -4.27. The Hall–Kier alpha value is -3.53. The van der Waals surface area contributed by atoms with Gasteiger partial charge in [-0.3, -0.25) is 14.5 Å². The van der Waals surface area contributed by atoms with Crippen LogP contribution in [0, 0.1) is 17.5 Å². The lowest BCUT2D eigenvalue weighted by Crippen LogP contribution is -2.27. The predicted molar refractivity (Wildman–Crippen MR) is 105 cm³/mol. The molecule has 2 aromatic carbocycles. The number of fused-ring (bicyclic) bond motifs is 1. The minimum absolute atomic E-state index is 0.105. The van der Waals surface area contributed by atoms with Crippen LogP contribution >= 0.6 is 0 Å². The second-order valence-corrected chi connectivity index (χ2v) is 6.80. The highest BCUT2D eigenvalue weighted by Gasteiger charge is 2.31.